The van der Waals surface area contributed by atoms with Crippen LogP contribution in [-0.2, 0) is 13.0 Å². The van der Waals surface area contributed by atoms with E-state index in [9.17, 15) is 4.79 Å². The van der Waals surface area contributed by atoms with Gasteiger partial charge in [-0.1, -0.05) is 52.1 Å². The van der Waals surface area contributed by atoms with Gasteiger partial charge < -0.3 is 4.74 Å². The summed E-state index contributed by atoms with van der Waals surface area (Å²) in [7, 11) is 0. The van der Waals surface area contributed by atoms with Crippen LogP contribution >= 0.6 is 39.1 Å². The number of benzene rings is 3. The van der Waals surface area contributed by atoms with Crippen LogP contribution in [0.25, 0.3) is 10.9 Å². The van der Waals surface area contributed by atoms with Crippen molar-refractivity contribution in [1.29, 1.82) is 0 Å². The fourth-order valence-corrected chi connectivity index (χ4v) is 3.95. The highest BCUT2D eigenvalue weighted by Gasteiger charge is 2.10. The molecule has 0 aliphatic carbocycles. The Hall–Kier alpha value is -2.67. The van der Waals surface area contributed by atoms with Gasteiger partial charge in [-0.2, -0.15) is 9.78 Å². The van der Waals surface area contributed by atoms with Crippen LogP contribution in [0.1, 0.15) is 30.3 Å². The van der Waals surface area contributed by atoms with Gasteiger partial charge in [0, 0.05) is 10.9 Å². The van der Waals surface area contributed by atoms with Gasteiger partial charge >= 0.3 is 0 Å². The van der Waals surface area contributed by atoms with E-state index in [0.29, 0.717) is 45.5 Å². The molecule has 3 aromatic carbocycles. The first-order chi connectivity index (χ1) is 15.9. The van der Waals surface area contributed by atoms with Crippen molar-refractivity contribution in [3.8, 4) is 5.75 Å². The highest BCUT2D eigenvalue weighted by atomic mass is 79.9. The van der Waals surface area contributed by atoms with Gasteiger partial charge in [0.2, 0.25) is 0 Å². The Balaban J connectivity index is 1.54. The molecule has 0 fully saturated rings. The molecule has 168 valence electrons. The second kappa shape index (κ2) is 10.5. The van der Waals surface area contributed by atoms with Crippen LogP contribution < -0.4 is 10.3 Å². The van der Waals surface area contributed by atoms with E-state index in [1.165, 1.54) is 4.68 Å². The van der Waals surface area contributed by atoms with Crippen molar-refractivity contribution in [2.45, 2.75) is 26.4 Å². The quantitative estimate of drug-likeness (QED) is 0.238. The van der Waals surface area contributed by atoms with E-state index in [-0.39, 0.29) is 5.56 Å². The number of hydrogen-bond acceptors (Lipinski definition) is 4. The van der Waals surface area contributed by atoms with E-state index >= 15 is 0 Å². The van der Waals surface area contributed by atoms with Gasteiger partial charge in [0.25, 0.3) is 5.56 Å². The lowest BCUT2D eigenvalue weighted by Crippen LogP contribution is -2.22. The fraction of sp³-hybridized carbons (Fsp3) is 0.160. The molecule has 0 N–H and O–H groups in total. The summed E-state index contributed by atoms with van der Waals surface area (Å²) in [6.45, 7) is 2.42. The molecule has 0 saturated carbocycles. The van der Waals surface area contributed by atoms with Crippen LogP contribution in [0.4, 0.5) is 0 Å². The molecule has 0 unspecified atom stereocenters. The van der Waals surface area contributed by atoms with Crippen molar-refractivity contribution in [2.24, 2.45) is 5.10 Å². The molecule has 4 rings (SSSR count). The monoisotopic (exact) mass is 543 g/mol. The van der Waals surface area contributed by atoms with Gasteiger partial charge in [0.15, 0.2) is 0 Å². The number of aromatic nitrogens is 2. The second-order valence-corrected chi connectivity index (χ2v) is 9.14. The standard InChI is InChI=1S/C25H20BrCl2N3O2/c1-2-3-24-30-23-11-7-18(26)13-20(23)25(32)31(24)29-14-16-4-8-19(9-5-16)33-15-17-6-10-21(27)22(28)12-17/h4-14H,2-3,15H2,1H3. The van der Waals surface area contributed by atoms with Gasteiger partial charge in [0.1, 0.15) is 18.2 Å². The number of fused-ring (bicyclic) bond motifs is 1. The molecule has 33 heavy (non-hydrogen) atoms. The highest BCUT2D eigenvalue weighted by Crippen LogP contribution is 2.23. The summed E-state index contributed by atoms with van der Waals surface area (Å²) < 4.78 is 8.02. The summed E-state index contributed by atoms with van der Waals surface area (Å²) in [5.41, 5.74) is 2.23. The molecule has 0 radical (unpaired) electrons. The number of rotatable bonds is 7. The normalized spacial score (nSPS) is 11.4. The average Bonchev–Trinajstić information content (AvgIpc) is 2.81. The third-order valence-corrected chi connectivity index (χ3v) is 6.17. The first-order valence-electron chi connectivity index (χ1n) is 10.4. The van der Waals surface area contributed by atoms with Crippen molar-refractivity contribution in [2.75, 3.05) is 0 Å². The minimum absolute atomic E-state index is 0.192. The summed E-state index contributed by atoms with van der Waals surface area (Å²) in [6.07, 6.45) is 3.16. The lowest BCUT2D eigenvalue weighted by atomic mass is 10.2. The maximum Gasteiger partial charge on any atom is 0.282 e. The zero-order valence-corrected chi connectivity index (χ0v) is 20.9. The summed E-state index contributed by atoms with van der Waals surface area (Å²) in [4.78, 5) is 17.7. The van der Waals surface area contributed by atoms with E-state index < -0.39 is 0 Å². The number of halogens is 3. The minimum atomic E-state index is -0.192. The molecule has 0 aliphatic rings. The Kier molecular flexibility index (Phi) is 7.48. The Morgan fingerprint density at radius 1 is 1.06 bits per heavy atom. The number of hydrogen-bond donors (Lipinski definition) is 0. The van der Waals surface area contributed by atoms with Gasteiger partial charge in [-0.05, 0) is 72.1 Å². The predicted octanol–water partition coefficient (Wildman–Crippen LogP) is 6.88. The summed E-state index contributed by atoms with van der Waals surface area (Å²) >= 11 is 15.4. The molecule has 1 heterocycles. The van der Waals surface area contributed by atoms with Crippen LogP contribution in [-0.4, -0.2) is 15.9 Å². The summed E-state index contributed by atoms with van der Waals surface area (Å²) in [6, 6.07) is 18.3. The molecule has 0 bridgehead atoms. The van der Waals surface area contributed by atoms with E-state index in [1.807, 2.05) is 49.4 Å². The lowest BCUT2D eigenvalue weighted by Gasteiger charge is -2.09. The smallest absolute Gasteiger partial charge is 0.282 e. The average molecular weight is 545 g/mol. The Labute approximate surface area is 209 Å². The van der Waals surface area contributed by atoms with Gasteiger partial charge in [-0.3, -0.25) is 4.79 Å². The Morgan fingerprint density at radius 2 is 1.85 bits per heavy atom. The molecule has 0 aliphatic heterocycles. The molecule has 0 amide bonds. The minimum Gasteiger partial charge on any atom is -0.489 e. The molecule has 5 nitrogen and oxygen atoms in total. The summed E-state index contributed by atoms with van der Waals surface area (Å²) in [5, 5.41) is 5.98. The zero-order valence-electron chi connectivity index (χ0n) is 17.8. The van der Waals surface area contributed by atoms with E-state index in [2.05, 4.69) is 26.0 Å². The molecule has 0 saturated heterocycles. The Bertz CT molecular complexity index is 1390. The van der Waals surface area contributed by atoms with Gasteiger partial charge in [-0.25, -0.2) is 4.98 Å². The van der Waals surface area contributed by atoms with Crippen molar-refractivity contribution >= 4 is 56.2 Å². The molecule has 0 atom stereocenters. The topological polar surface area (TPSA) is 56.5 Å². The van der Waals surface area contributed by atoms with Crippen molar-refractivity contribution in [3.63, 3.8) is 0 Å². The van der Waals surface area contributed by atoms with Crippen LogP contribution in [0, 0.1) is 0 Å². The first kappa shape index (κ1) is 23.5. The van der Waals surface area contributed by atoms with E-state index in [0.717, 1.165) is 22.0 Å². The third-order valence-electron chi connectivity index (χ3n) is 4.94. The Morgan fingerprint density at radius 3 is 2.58 bits per heavy atom. The zero-order chi connectivity index (χ0) is 23.4. The first-order valence-corrected chi connectivity index (χ1v) is 11.9. The van der Waals surface area contributed by atoms with E-state index in [1.54, 1.807) is 24.4 Å². The fourth-order valence-electron chi connectivity index (χ4n) is 3.27. The molecule has 1 aromatic heterocycles. The predicted molar refractivity (Wildman–Crippen MR) is 138 cm³/mol. The van der Waals surface area contributed by atoms with Crippen molar-refractivity contribution in [3.05, 3.63) is 102 Å². The van der Waals surface area contributed by atoms with Crippen LogP contribution in [0.2, 0.25) is 10.0 Å². The maximum absolute atomic E-state index is 13.1. The lowest BCUT2D eigenvalue weighted by molar-refractivity contribution is 0.306. The number of ether oxygens (including phenoxy) is 1. The van der Waals surface area contributed by atoms with Crippen LogP contribution in [0.15, 0.2) is 75.0 Å². The van der Waals surface area contributed by atoms with Gasteiger partial charge in [-0.15, -0.1) is 0 Å². The van der Waals surface area contributed by atoms with Crippen LogP contribution in [0.5, 0.6) is 5.75 Å². The molecular formula is C25H20BrCl2N3O2. The SMILES string of the molecule is CCCc1nc2ccc(Br)cc2c(=O)n1N=Cc1ccc(OCc2ccc(Cl)c(Cl)c2)cc1. The van der Waals surface area contributed by atoms with E-state index in [4.69, 9.17) is 27.9 Å². The molecular weight excluding hydrogens is 525 g/mol. The third kappa shape index (κ3) is 5.64. The highest BCUT2D eigenvalue weighted by molar-refractivity contribution is 9.10. The largest absolute Gasteiger partial charge is 0.489 e. The van der Waals surface area contributed by atoms with Crippen molar-refractivity contribution < 1.29 is 4.74 Å². The number of aryl methyl sites for hydroxylation is 1. The molecule has 4 aromatic rings. The maximum atomic E-state index is 13.1. The number of nitrogens with zero attached hydrogens (tertiary/aromatic N) is 3. The molecule has 8 heteroatoms. The van der Waals surface area contributed by atoms with Crippen LogP contribution in [0.3, 0.4) is 0 Å². The molecule has 0 spiro atoms. The summed E-state index contributed by atoms with van der Waals surface area (Å²) in [5.74, 6) is 1.34. The van der Waals surface area contributed by atoms with Gasteiger partial charge in [0.05, 0.1) is 27.2 Å². The second-order valence-electron chi connectivity index (χ2n) is 7.41. The van der Waals surface area contributed by atoms with Crippen molar-refractivity contribution in [1.82, 2.24) is 9.66 Å².